The van der Waals surface area contributed by atoms with Gasteiger partial charge >= 0.3 is 6.36 Å². The van der Waals surface area contributed by atoms with Gasteiger partial charge in [0.05, 0.1) is 5.41 Å². The van der Waals surface area contributed by atoms with E-state index in [4.69, 9.17) is 0 Å². The molecule has 2 heterocycles. The van der Waals surface area contributed by atoms with E-state index in [0.717, 1.165) is 0 Å². The van der Waals surface area contributed by atoms with E-state index in [1.807, 2.05) is 0 Å². The summed E-state index contributed by atoms with van der Waals surface area (Å²) in [5, 5.41) is 0. The highest BCUT2D eigenvalue weighted by atomic mass is 19.4. The standard InChI is InChI=1S/C17H19F3N2O3/c1-16(9-10-4-7-14(23)21(10)2)12-8-11(25-17(18,19)20)5-6-13(12)22(3)15(16)24/h5-6,8,10H,4,7,9H2,1-3H3. The summed E-state index contributed by atoms with van der Waals surface area (Å²) in [5.41, 5.74) is 0.0574. The summed E-state index contributed by atoms with van der Waals surface area (Å²) in [6.07, 6.45) is -3.38. The molecule has 25 heavy (non-hydrogen) atoms. The van der Waals surface area contributed by atoms with Gasteiger partial charge < -0.3 is 14.5 Å². The van der Waals surface area contributed by atoms with Crippen LogP contribution in [0.25, 0.3) is 0 Å². The van der Waals surface area contributed by atoms with Gasteiger partial charge in [0.1, 0.15) is 5.75 Å². The summed E-state index contributed by atoms with van der Waals surface area (Å²) < 4.78 is 41.6. The van der Waals surface area contributed by atoms with Crippen molar-refractivity contribution >= 4 is 17.5 Å². The molecule has 136 valence electrons. The van der Waals surface area contributed by atoms with Crippen LogP contribution in [0.3, 0.4) is 0 Å². The minimum atomic E-state index is -4.79. The molecule has 0 radical (unpaired) electrons. The zero-order valence-electron chi connectivity index (χ0n) is 14.2. The molecular formula is C17H19F3N2O3. The Morgan fingerprint density at radius 2 is 1.96 bits per heavy atom. The second-order valence-electron chi connectivity index (χ2n) is 6.82. The van der Waals surface area contributed by atoms with Gasteiger partial charge in [0.2, 0.25) is 11.8 Å². The highest BCUT2D eigenvalue weighted by molar-refractivity contribution is 6.07. The second-order valence-corrected chi connectivity index (χ2v) is 6.82. The normalized spacial score (nSPS) is 26.4. The van der Waals surface area contributed by atoms with Crippen LogP contribution in [0, 0.1) is 0 Å². The lowest BCUT2D eigenvalue weighted by Crippen LogP contribution is -2.42. The maximum absolute atomic E-state index is 12.8. The third-order valence-corrected chi connectivity index (χ3v) is 5.21. The van der Waals surface area contributed by atoms with Crippen molar-refractivity contribution in [2.45, 2.75) is 44.0 Å². The zero-order chi connectivity index (χ0) is 18.6. The SMILES string of the molecule is CN1C(=O)C(C)(CC2CCC(=O)N2C)c2cc(OC(F)(F)F)ccc21. The molecule has 2 unspecified atom stereocenters. The van der Waals surface area contributed by atoms with Crippen molar-refractivity contribution in [2.75, 3.05) is 19.0 Å². The lowest BCUT2D eigenvalue weighted by Gasteiger charge is -2.30. The monoisotopic (exact) mass is 356 g/mol. The molecule has 0 aromatic heterocycles. The van der Waals surface area contributed by atoms with Crippen molar-refractivity contribution in [3.63, 3.8) is 0 Å². The van der Waals surface area contributed by atoms with Crippen LogP contribution < -0.4 is 9.64 Å². The second kappa shape index (κ2) is 5.64. The highest BCUT2D eigenvalue weighted by Crippen LogP contribution is 2.47. The molecule has 3 rings (SSSR count). The van der Waals surface area contributed by atoms with Crippen molar-refractivity contribution in [3.05, 3.63) is 23.8 Å². The Balaban J connectivity index is 1.97. The lowest BCUT2D eigenvalue weighted by molar-refractivity contribution is -0.274. The maximum Gasteiger partial charge on any atom is 0.573 e. The minimum Gasteiger partial charge on any atom is -0.406 e. The van der Waals surface area contributed by atoms with Gasteiger partial charge in [-0.05, 0) is 43.5 Å². The van der Waals surface area contributed by atoms with Crippen molar-refractivity contribution < 1.29 is 27.5 Å². The van der Waals surface area contributed by atoms with Gasteiger partial charge in [-0.1, -0.05) is 0 Å². The molecule has 2 aliphatic rings. The largest absolute Gasteiger partial charge is 0.573 e. The van der Waals surface area contributed by atoms with Crippen molar-refractivity contribution in [2.24, 2.45) is 0 Å². The number of likely N-dealkylation sites (N-methyl/N-ethyl adjacent to an activating group) is 1. The number of rotatable bonds is 3. The molecule has 0 spiro atoms. The molecule has 8 heteroatoms. The number of halogens is 3. The third kappa shape index (κ3) is 2.94. The van der Waals surface area contributed by atoms with Crippen LogP contribution in [0.2, 0.25) is 0 Å². The molecule has 0 saturated carbocycles. The molecule has 1 saturated heterocycles. The third-order valence-electron chi connectivity index (χ3n) is 5.21. The molecular weight excluding hydrogens is 337 g/mol. The molecule has 2 aliphatic heterocycles. The fourth-order valence-corrected chi connectivity index (χ4v) is 3.81. The summed E-state index contributed by atoms with van der Waals surface area (Å²) in [5.74, 6) is -0.530. The van der Waals surface area contributed by atoms with Crippen LogP contribution in [-0.2, 0) is 15.0 Å². The van der Waals surface area contributed by atoms with Crippen LogP contribution in [0.4, 0.5) is 18.9 Å². The van der Waals surface area contributed by atoms with Crippen LogP contribution in [0.15, 0.2) is 18.2 Å². The summed E-state index contributed by atoms with van der Waals surface area (Å²) in [6, 6.07) is 3.82. The van der Waals surface area contributed by atoms with E-state index in [-0.39, 0.29) is 23.6 Å². The number of alkyl halides is 3. The van der Waals surface area contributed by atoms with E-state index < -0.39 is 11.8 Å². The molecule has 1 aromatic rings. The molecule has 0 aliphatic carbocycles. The van der Waals surface area contributed by atoms with Crippen molar-refractivity contribution in [3.8, 4) is 5.75 Å². The zero-order valence-corrected chi connectivity index (χ0v) is 14.2. The smallest absolute Gasteiger partial charge is 0.406 e. The van der Waals surface area contributed by atoms with E-state index in [0.29, 0.717) is 30.5 Å². The Morgan fingerprint density at radius 1 is 1.28 bits per heavy atom. The number of anilines is 1. The summed E-state index contributed by atoms with van der Waals surface area (Å²) in [7, 11) is 3.29. The Bertz CT molecular complexity index is 734. The molecule has 5 nitrogen and oxygen atoms in total. The van der Waals surface area contributed by atoms with Crippen LogP contribution in [0.5, 0.6) is 5.75 Å². The number of benzene rings is 1. The van der Waals surface area contributed by atoms with E-state index in [1.54, 1.807) is 25.9 Å². The highest BCUT2D eigenvalue weighted by Gasteiger charge is 2.49. The topological polar surface area (TPSA) is 49.9 Å². The predicted octanol–water partition coefficient (Wildman–Crippen LogP) is 2.83. The van der Waals surface area contributed by atoms with Gasteiger partial charge in [0.15, 0.2) is 0 Å². The molecule has 2 atom stereocenters. The quantitative estimate of drug-likeness (QED) is 0.837. The predicted molar refractivity (Wildman–Crippen MR) is 84.3 cm³/mol. The van der Waals surface area contributed by atoms with Gasteiger partial charge in [0.25, 0.3) is 0 Å². The van der Waals surface area contributed by atoms with Gasteiger partial charge in [-0.15, -0.1) is 13.2 Å². The Morgan fingerprint density at radius 3 is 2.52 bits per heavy atom. The Kier molecular flexibility index (Phi) is 3.96. The van der Waals surface area contributed by atoms with Crippen LogP contribution in [0.1, 0.15) is 31.7 Å². The number of carbonyl (C=O) groups excluding carboxylic acids is 2. The average Bonchev–Trinajstić information content (AvgIpc) is 2.91. The first-order chi connectivity index (χ1) is 11.5. The summed E-state index contributed by atoms with van der Waals surface area (Å²) in [6.45, 7) is 1.71. The van der Waals surface area contributed by atoms with Gasteiger partial charge in [-0.25, -0.2) is 0 Å². The van der Waals surface area contributed by atoms with Crippen molar-refractivity contribution in [1.82, 2.24) is 4.90 Å². The van der Waals surface area contributed by atoms with Crippen LogP contribution >= 0.6 is 0 Å². The molecule has 1 fully saturated rings. The van der Waals surface area contributed by atoms with Gasteiger partial charge in [0, 0.05) is 32.2 Å². The fraction of sp³-hybridized carbons (Fsp3) is 0.529. The number of amides is 2. The number of carbonyl (C=O) groups is 2. The van der Waals surface area contributed by atoms with Gasteiger partial charge in [-0.3, -0.25) is 9.59 Å². The van der Waals surface area contributed by atoms with Crippen molar-refractivity contribution in [1.29, 1.82) is 0 Å². The lowest BCUT2D eigenvalue weighted by atomic mass is 9.77. The first-order valence-corrected chi connectivity index (χ1v) is 7.97. The summed E-state index contributed by atoms with van der Waals surface area (Å²) in [4.78, 5) is 27.6. The van der Waals surface area contributed by atoms with E-state index in [1.165, 1.54) is 23.1 Å². The number of hydrogen-bond acceptors (Lipinski definition) is 3. The molecule has 1 aromatic carbocycles. The fourth-order valence-electron chi connectivity index (χ4n) is 3.81. The van der Waals surface area contributed by atoms with E-state index in [2.05, 4.69) is 4.74 Å². The van der Waals surface area contributed by atoms with E-state index in [9.17, 15) is 22.8 Å². The number of likely N-dealkylation sites (tertiary alicyclic amines) is 1. The average molecular weight is 356 g/mol. The minimum absolute atomic E-state index is 0.0155. The van der Waals surface area contributed by atoms with E-state index >= 15 is 0 Å². The first kappa shape index (κ1) is 17.6. The Labute approximate surface area is 143 Å². The number of ether oxygens (including phenoxy) is 1. The Hall–Kier alpha value is -2.25. The summed E-state index contributed by atoms with van der Waals surface area (Å²) >= 11 is 0. The van der Waals surface area contributed by atoms with Gasteiger partial charge in [-0.2, -0.15) is 0 Å². The molecule has 0 bridgehead atoms. The molecule has 2 amide bonds. The molecule has 0 N–H and O–H groups in total. The number of nitrogens with zero attached hydrogens (tertiary/aromatic N) is 2. The number of hydrogen-bond donors (Lipinski definition) is 0. The van der Waals surface area contributed by atoms with Crippen LogP contribution in [-0.4, -0.2) is 43.2 Å². The number of fused-ring (bicyclic) bond motifs is 1. The first-order valence-electron chi connectivity index (χ1n) is 7.97. The maximum atomic E-state index is 12.8.